The number of carbonyl (C=O) groups excluding carboxylic acids is 2. The van der Waals surface area contributed by atoms with Gasteiger partial charge >= 0.3 is 0 Å². The van der Waals surface area contributed by atoms with Crippen LogP contribution in [0.5, 0.6) is 0 Å². The first-order valence-corrected chi connectivity index (χ1v) is 8.21. The summed E-state index contributed by atoms with van der Waals surface area (Å²) in [4.78, 5) is 29.3. The molecular formula is C14H17ClN2O2S. The predicted molar refractivity (Wildman–Crippen MR) is 79.2 cm³/mol. The van der Waals surface area contributed by atoms with Crippen LogP contribution >= 0.6 is 22.9 Å². The summed E-state index contributed by atoms with van der Waals surface area (Å²) in [6.07, 6.45) is 3.83. The number of carbonyl (C=O) groups is 2. The highest BCUT2D eigenvalue weighted by atomic mass is 35.5. The number of hydrogen-bond donors (Lipinski definition) is 0. The van der Waals surface area contributed by atoms with Crippen LogP contribution in [0.2, 0.25) is 4.34 Å². The lowest BCUT2D eigenvalue weighted by Crippen LogP contribution is -2.46. The van der Waals surface area contributed by atoms with E-state index >= 15 is 0 Å². The highest BCUT2D eigenvalue weighted by Gasteiger charge is 2.37. The zero-order chi connectivity index (χ0) is 14.1. The lowest BCUT2D eigenvalue weighted by molar-refractivity contribution is -0.134. The molecule has 0 saturated carbocycles. The Bertz CT molecular complexity index is 525. The van der Waals surface area contributed by atoms with Crippen molar-refractivity contribution in [2.75, 3.05) is 19.6 Å². The van der Waals surface area contributed by atoms with Gasteiger partial charge in [-0.3, -0.25) is 9.59 Å². The van der Waals surface area contributed by atoms with Gasteiger partial charge in [0.1, 0.15) is 6.04 Å². The van der Waals surface area contributed by atoms with Crippen molar-refractivity contribution < 1.29 is 9.59 Å². The molecule has 0 radical (unpaired) electrons. The third kappa shape index (κ3) is 2.56. The van der Waals surface area contributed by atoms with Gasteiger partial charge in [-0.1, -0.05) is 11.6 Å². The fraction of sp³-hybridized carbons (Fsp3) is 0.571. The van der Waals surface area contributed by atoms with E-state index in [-0.39, 0.29) is 17.9 Å². The average molecular weight is 313 g/mol. The minimum absolute atomic E-state index is 0.0584. The van der Waals surface area contributed by atoms with Crippen molar-refractivity contribution in [3.05, 3.63) is 21.3 Å². The predicted octanol–water partition coefficient (Wildman–Crippen LogP) is 2.63. The zero-order valence-electron chi connectivity index (χ0n) is 11.2. The van der Waals surface area contributed by atoms with Crippen LogP contribution < -0.4 is 0 Å². The maximum Gasteiger partial charge on any atom is 0.264 e. The fourth-order valence-electron chi connectivity index (χ4n) is 2.99. The van der Waals surface area contributed by atoms with Gasteiger partial charge in [0.15, 0.2) is 0 Å². The van der Waals surface area contributed by atoms with Crippen molar-refractivity contribution in [3.63, 3.8) is 0 Å². The van der Waals surface area contributed by atoms with Gasteiger partial charge in [0, 0.05) is 19.6 Å². The molecule has 0 aliphatic carbocycles. The fourth-order valence-corrected chi connectivity index (χ4v) is 3.98. The van der Waals surface area contributed by atoms with E-state index in [1.807, 2.05) is 4.90 Å². The Morgan fingerprint density at radius 1 is 1.15 bits per heavy atom. The number of halogens is 1. The lowest BCUT2D eigenvalue weighted by atomic mass is 10.2. The molecule has 3 rings (SSSR count). The van der Waals surface area contributed by atoms with Crippen LogP contribution in [0.3, 0.4) is 0 Å². The number of amides is 2. The highest BCUT2D eigenvalue weighted by Crippen LogP contribution is 2.27. The Morgan fingerprint density at radius 2 is 1.90 bits per heavy atom. The van der Waals surface area contributed by atoms with Crippen LogP contribution in [0, 0.1) is 0 Å². The first-order chi connectivity index (χ1) is 9.66. The molecule has 2 fully saturated rings. The molecule has 2 saturated heterocycles. The summed E-state index contributed by atoms with van der Waals surface area (Å²) in [7, 11) is 0. The Labute approximate surface area is 127 Å². The van der Waals surface area contributed by atoms with Crippen molar-refractivity contribution in [2.24, 2.45) is 0 Å². The molecule has 0 spiro atoms. The monoisotopic (exact) mass is 312 g/mol. The van der Waals surface area contributed by atoms with Gasteiger partial charge in [-0.25, -0.2) is 0 Å². The molecule has 0 bridgehead atoms. The molecule has 2 aliphatic heterocycles. The molecule has 3 heterocycles. The van der Waals surface area contributed by atoms with Crippen molar-refractivity contribution in [3.8, 4) is 0 Å². The second-order valence-corrected chi connectivity index (χ2v) is 7.01. The van der Waals surface area contributed by atoms with Gasteiger partial charge in [-0.05, 0) is 37.8 Å². The molecule has 4 nitrogen and oxygen atoms in total. The van der Waals surface area contributed by atoms with E-state index in [0.29, 0.717) is 15.8 Å². The van der Waals surface area contributed by atoms with Gasteiger partial charge in [0.05, 0.1) is 9.21 Å². The number of nitrogens with zero attached hydrogens (tertiary/aromatic N) is 2. The molecule has 20 heavy (non-hydrogen) atoms. The standard InChI is InChI=1S/C14H17ClN2O2S/c15-12-6-5-11(20-12)14(19)17-9-3-4-10(17)13(18)16-7-1-2-8-16/h5-6,10H,1-4,7-9H2. The Hall–Kier alpha value is -1.07. The smallest absolute Gasteiger partial charge is 0.264 e. The summed E-state index contributed by atoms with van der Waals surface area (Å²) in [6.45, 7) is 2.34. The van der Waals surface area contributed by atoms with E-state index in [0.717, 1.165) is 38.8 Å². The molecule has 2 amide bonds. The second kappa shape index (κ2) is 5.74. The molecule has 1 atom stereocenters. The van der Waals surface area contributed by atoms with Crippen LogP contribution in [0.1, 0.15) is 35.4 Å². The number of rotatable bonds is 2. The zero-order valence-corrected chi connectivity index (χ0v) is 12.8. The van der Waals surface area contributed by atoms with Crippen LogP contribution in [0.15, 0.2) is 12.1 Å². The second-order valence-electron chi connectivity index (χ2n) is 5.29. The first kappa shape index (κ1) is 13.9. The molecule has 2 aliphatic rings. The third-order valence-corrected chi connectivity index (χ3v) is 5.22. The number of hydrogen-bond acceptors (Lipinski definition) is 3. The van der Waals surface area contributed by atoms with Gasteiger partial charge in [-0.15, -0.1) is 11.3 Å². The summed E-state index contributed by atoms with van der Waals surface area (Å²) in [5.41, 5.74) is 0. The lowest BCUT2D eigenvalue weighted by Gasteiger charge is -2.27. The van der Waals surface area contributed by atoms with E-state index in [4.69, 9.17) is 11.6 Å². The van der Waals surface area contributed by atoms with E-state index in [1.54, 1.807) is 17.0 Å². The molecule has 6 heteroatoms. The molecule has 0 aromatic carbocycles. The van der Waals surface area contributed by atoms with Gasteiger partial charge in [-0.2, -0.15) is 0 Å². The van der Waals surface area contributed by atoms with Crippen molar-refractivity contribution >= 4 is 34.8 Å². The molecule has 1 aromatic heterocycles. The topological polar surface area (TPSA) is 40.6 Å². The van der Waals surface area contributed by atoms with Gasteiger partial charge < -0.3 is 9.80 Å². The maximum atomic E-state index is 12.5. The summed E-state index contributed by atoms with van der Waals surface area (Å²) in [5, 5.41) is 0. The van der Waals surface area contributed by atoms with Crippen LogP contribution in [-0.2, 0) is 4.79 Å². The molecule has 1 aromatic rings. The normalized spacial score (nSPS) is 22.6. The van der Waals surface area contributed by atoms with Gasteiger partial charge in [0.25, 0.3) is 5.91 Å². The highest BCUT2D eigenvalue weighted by molar-refractivity contribution is 7.17. The van der Waals surface area contributed by atoms with E-state index in [2.05, 4.69) is 0 Å². The van der Waals surface area contributed by atoms with E-state index in [9.17, 15) is 9.59 Å². The number of likely N-dealkylation sites (tertiary alicyclic amines) is 2. The van der Waals surface area contributed by atoms with Crippen LogP contribution in [0.4, 0.5) is 0 Å². The largest absolute Gasteiger partial charge is 0.341 e. The minimum atomic E-state index is -0.276. The van der Waals surface area contributed by atoms with Gasteiger partial charge in [0.2, 0.25) is 5.91 Å². The molecule has 1 unspecified atom stereocenters. The minimum Gasteiger partial charge on any atom is -0.341 e. The molecule has 108 valence electrons. The Morgan fingerprint density at radius 3 is 2.55 bits per heavy atom. The SMILES string of the molecule is O=C(C1CCCN1C(=O)c1ccc(Cl)s1)N1CCCC1. The Balaban J connectivity index is 1.74. The summed E-state index contributed by atoms with van der Waals surface area (Å²) >= 11 is 7.16. The Kier molecular flexibility index (Phi) is 3.98. The maximum absolute atomic E-state index is 12.5. The van der Waals surface area contributed by atoms with Crippen molar-refractivity contribution in [1.82, 2.24) is 9.80 Å². The summed E-state index contributed by atoms with van der Waals surface area (Å²) in [6, 6.07) is 3.19. The van der Waals surface area contributed by atoms with Crippen LogP contribution in [0.25, 0.3) is 0 Å². The quantitative estimate of drug-likeness (QED) is 0.842. The van der Waals surface area contributed by atoms with Crippen molar-refractivity contribution in [2.45, 2.75) is 31.7 Å². The summed E-state index contributed by atoms with van der Waals surface area (Å²) in [5.74, 6) is 0.0629. The third-order valence-electron chi connectivity index (χ3n) is 4.00. The van der Waals surface area contributed by atoms with E-state index in [1.165, 1.54) is 11.3 Å². The van der Waals surface area contributed by atoms with E-state index < -0.39 is 0 Å². The van der Waals surface area contributed by atoms with Crippen LogP contribution in [-0.4, -0.2) is 47.3 Å². The molecule has 0 N–H and O–H groups in total. The number of thiophene rings is 1. The summed E-state index contributed by atoms with van der Waals surface area (Å²) < 4.78 is 0.606. The van der Waals surface area contributed by atoms with Crippen molar-refractivity contribution in [1.29, 1.82) is 0 Å². The molecular weight excluding hydrogens is 296 g/mol. The average Bonchev–Trinajstić information content (AvgIpc) is 3.18. The first-order valence-electron chi connectivity index (χ1n) is 7.02.